The molecule has 154 valence electrons. The second kappa shape index (κ2) is 8.86. The Hall–Kier alpha value is -3.54. The smallest absolute Gasteiger partial charge is 0.324 e. The fourth-order valence-electron chi connectivity index (χ4n) is 3.64. The number of benzene rings is 2. The van der Waals surface area contributed by atoms with Crippen LogP contribution in [-0.4, -0.2) is 29.9 Å². The van der Waals surface area contributed by atoms with E-state index >= 15 is 0 Å². The summed E-state index contributed by atoms with van der Waals surface area (Å²) in [6, 6.07) is 18.9. The van der Waals surface area contributed by atoms with Crippen molar-refractivity contribution in [3.63, 3.8) is 0 Å². The van der Waals surface area contributed by atoms with Gasteiger partial charge in [-0.1, -0.05) is 24.3 Å². The number of carbonyl (C=O) groups is 2. The molecule has 1 aliphatic heterocycles. The van der Waals surface area contributed by atoms with E-state index in [9.17, 15) is 9.59 Å². The average molecular weight is 403 g/mol. The normalized spacial score (nSPS) is 14.1. The van der Waals surface area contributed by atoms with Gasteiger partial charge in [-0.15, -0.1) is 0 Å². The van der Waals surface area contributed by atoms with Crippen LogP contribution in [0.1, 0.15) is 33.7 Å². The lowest BCUT2D eigenvalue weighted by Gasteiger charge is -2.36. The third kappa shape index (κ3) is 4.38. The van der Waals surface area contributed by atoms with Crippen LogP contribution in [-0.2, 0) is 13.1 Å². The highest BCUT2D eigenvalue weighted by Crippen LogP contribution is 2.23. The maximum atomic E-state index is 13.1. The molecule has 1 N–H and O–H groups in total. The van der Waals surface area contributed by atoms with Crippen molar-refractivity contribution in [1.29, 1.82) is 0 Å². The number of hydrogen-bond acceptors (Lipinski definition) is 3. The summed E-state index contributed by atoms with van der Waals surface area (Å²) in [4.78, 5) is 29.1. The van der Waals surface area contributed by atoms with Crippen LogP contribution in [0.4, 0.5) is 10.5 Å². The van der Waals surface area contributed by atoms with Crippen LogP contribution in [0.3, 0.4) is 0 Å². The Bertz CT molecular complexity index is 1010. The van der Waals surface area contributed by atoms with Gasteiger partial charge in [0.25, 0.3) is 5.91 Å². The van der Waals surface area contributed by atoms with Gasteiger partial charge in [0.15, 0.2) is 0 Å². The summed E-state index contributed by atoms with van der Waals surface area (Å²) >= 11 is 0. The number of hydrogen-bond donors (Lipinski definition) is 1. The minimum absolute atomic E-state index is 0.000441. The second-order valence-electron chi connectivity index (χ2n) is 7.44. The third-order valence-electron chi connectivity index (χ3n) is 5.38. The monoisotopic (exact) mass is 403 g/mol. The Kier molecular flexibility index (Phi) is 5.84. The zero-order valence-corrected chi connectivity index (χ0v) is 17.0. The topological polar surface area (TPSA) is 65.8 Å². The first-order valence-corrected chi connectivity index (χ1v) is 10.1. The van der Waals surface area contributed by atoms with Crippen molar-refractivity contribution >= 4 is 17.6 Å². The van der Waals surface area contributed by atoms with Crippen LogP contribution in [0.2, 0.25) is 0 Å². The number of amides is 3. The number of furan rings is 1. The molecule has 0 unspecified atom stereocenters. The van der Waals surface area contributed by atoms with E-state index in [1.54, 1.807) is 29.4 Å². The quantitative estimate of drug-likeness (QED) is 0.665. The van der Waals surface area contributed by atoms with Gasteiger partial charge in [-0.3, -0.25) is 9.69 Å². The first-order chi connectivity index (χ1) is 14.6. The zero-order valence-electron chi connectivity index (χ0n) is 17.0. The summed E-state index contributed by atoms with van der Waals surface area (Å²) in [5.74, 6) is 0.525. The van der Waals surface area contributed by atoms with E-state index in [0.717, 1.165) is 24.2 Å². The lowest BCUT2D eigenvalue weighted by molar-refractivity contribution is 0.0948. The van der Waals surface area contributed by atoms with Crippen molar-refractivity contribution in [3.8, 4) is 0 Å². The van der Waals surface area contributed by atoms with Crippen molar-refractivity contribution in [2.45, 2.75) is 26.4 Å². The molecule has 0 bridgehead atoms. The maximum absolute atomic E-state index is 13.1. The standard InChI is InChI=1S/C24H25N3O3/c1-18-6-2-3-7-20(18)17-26-13-5-14-27(24(26)29)21-11-9-19(10-12-21)23(28)25-16-22-8-4-15-30-22/h2-4,6-12,15H,5,13-14,16-17H2,1H3,(H,25,28). The molecule has 4 rings (SSSR count). The van der Waals surface area contributed by atoms with Crippen LogP contribution in [0.5, 0.6) is 0 Å². The summed E-state index contributed by atoms with van der Waals surface area (Å²) in [7, 11) is 0. The Morgan fingerprint density at radius 1 is 1.03 bits per heavy atom. The molecule has 0 saturated carbocycles. The SMILES string of the molecule is Cc1ccccc1CN1CCCN(c2ccc(C(=O)NCc3ccco3)cc2)C1=O. The molecular weight excluding hydrogens is 378 g/mol. The van der Waals surface area contributed by atoms with E-state index in [4.69, 9.17) is 4.42 Å². The molecule has 30 heavy (non-hydrogen) atoms. The molecule has 0 atom stereocenters. The van der Waals surface area contributed by atoms with Crippen molar-refractivity contribution in [2.75, 3.05) is 18.0 Å². The highest BCUT2D eigenvalue weighted by molar-refractivity contribution is 5.96. The van der Waals surface area contributed by atoms with E-state index in [0.29, 0.717) is 31.0 Å². The molecule has 2 aromatic carbocycles. The molecule has 3 aromatic rings. The molecule has 2 heterocycles. The predicted octanol–water partition coefficient (Wildman–Crippen LogP) is 4.35. The fraction of sp³-hybridized carbons (Fsp3) is 0.250. The minimum Gasteiger partial charge on any atom is -0.467 e. The van der Waals surface area contributed by atoms with Crippen LogP contribution in [0, 0.1) is 6.92 Å². The van der Waals surface area contributed by atoms with Crippen LogP contribution in [0.15, 0.2) is 71.3 Å². The van der Waals surface area contributed by atoms with Gasteiger partial charge in [-0.05, 0) is 60.9 Å². The Labute approximate surface area is 176 Å². The van der Waals surface area contributed by atoms with Crippen molar-refractivity contribution < 1.29 is 14.0 Å². The van der Waals surface area contributed by atoms with Gasteiger partial charge < -0.3 is 14.6 Å². The number of carbonyl (C=O) groups excluding carboxylic acids is 2. The van der Waals surface area contributed by atoms with Crippen LogP contribution in [0.25, 0.3) is 0 Å². The largest absolute Gasteiger partial charge is 0.467 e. The van der Waals surface area contributed by atoms with Gasteiger partial charge in [-0.25, -0.2) is 4.79 Å². The summed E-state index contributed by atoms with van der Waals surface area (Å²) in [5, 5.41) is 2.83. The number of urea groups is 1. The fourth-order valence-corrected chi connectivity index (χ4v) is 3.64. The van der Waals surface area contributed by atoms with Crippen molar-refractivity contribution in [3.05, 3.63) is 89.4 Å². The Morgan fingerprint density at radius 3 is 2.57 bits per heavy atom. The summed E-state index contributed by atoms with van der Waals surface area (Å²) in [6.07, 6.45) is 2.48. The molecule has 1 aliphatic rings. The summed E-state index contributed by atoms with van der Waals surface area (Å²) in [5.41, 5.74) is 3.70. The summed E-state index contributed by atoms with van der Waals surface area (Å²) in [6.45, 7) is 4.43. The molecule has 1 aromatic heterocycles. The number of aryl methyl sites for hydroxylation is 1. The predicted molar refractivity (Wildman–Crippen MR) is 115 cm³/mol. The van der Waals surface area contributed by atoms with Crippen molar-refractivity contribution in [2.24, 2.45) is 0 Å². The van der Waals surface area contributed by atoms with E-state index < -0.39 is 0 Å². The van der Waals surface area contributed by atoms with Gasteiger partial charge in [0.2, 0.25) is 0 Å². The van der Waals surface area contributed by atoms with Crippen molar-refractivity contribution in [1.82, 2.24) is 10.2 Å². The highest BCUT2D eigenvalue weighted by Gasteiger charge is 2.27. The van der Waals surface area contributed by atoms with Gasteiger partial charge in [0.1, 0.15) is 5.76 Å². The average Bonchev–Trinajstić information content (AvgIpc) is 3.29. The molecule has 6 heteroatoms. The first kappa shape index (κ1) is 19.8. The lowest BCUT2D eigenvalue weighted by Crippen LogP contribution is -2.49. The first-order valence-electron chi connectivity index (χ1n) is 10.1. The Morgan fingerprint density at radius 2 is 1.83 bits per heavy atom. The summed E-state index contributed by atoms with van der Waals surface area (Å²) < 4.78 is 5.23. The molecule has 0 radical (unpaired) electrons. The minimum atomic E-state index is -0.177. The second-order valence-corrected chi connectivity index (χ2v) is 7.44. The molecule has 0 spiro atoms. The number of rotatable bonds is 6. The van der Waals surface area contributed by atoms with E-state index in [1.165, 1.54) is 5.56 Å². The highest BCUT2D eigenvalue weighted by atomic mass is 16.3. The zero-order chi connectivity index (χ0) is 20.9. The molecule has 0 aliphatic carbocycles. The number of nitrogens with zero attached hydrogens (tertiary/aromatic N) is 2. The van der Waals surface area contributed by atoms with Crippen LogP contribution < -0.4 is 10.2 Å². The van der Waals surface area contributed by atoms with E-state index in [-0.39, 0.29) is 11.9 Å². The molecular formula is C24H25N3O3. The van der Waals surface area contributed by atoms with Crippen LogP contribution >= 0.6 is 0 Å². The number of anilines is 1. The maximum Gasteiger partial charge on any atom is 0.324 e. The van der Waals surface area contributed by atoms with Gasteiger partial charge >= 0.3 is 6.03 Å². The number of nitrogens with one attached hydrogen (secondary N) is 1. The Balaban J connectivity index is 1.41. The lowest BCUT2D eigenvalue weighted by atomic mass is 10.1. The molecule has 1 fully saturated rings. The van der Waals surface area contributed by atoms with Gasteiger partial charge in [0, 0.05) is 30.9 Å². The molecule has 1 saturated heterocycles. The molecule has 6 nitrogen and oxygen atoms in total. The van der Waals surface area contributed by atoms with Gasteiger partial charge in [0.05, 0.1) is 12.8 Å². The van der Waals surface area contributed by atoms with E-state index in [1.807, 2.05) is 35.2 Å². The van der Waals surface area contributed by atoms with Gasteiger partial charge in [-0.2, -0.15) is 0 Å². The van der Waals surface area contributed by atoms with E-state index in [2.05, 4.69) is 24.4 Å². The third-order valence-corrected chi connectivity index (χ3v) is 5.38. The molecule has 3 amide bonds.